The lowest BCUT2D eigenvalue weighted by Crippen LogP contribution is -2.22. The Morgan fingerprint density at radius 1 is 0.958 bits per heavy atom. The molecule has 0 fully saturated rings. The number of carbonyl (C=O) groups is 1. The summed E-state index contributed by atoms with van der Waals surface area (Å²) in [5.41, 5.74) is 0.455. The summed E-state index contributed by atoms with van der Waals surface area (Å²) in [6, 6.07) is 19.5. The summed E-state index contributed by atoms with van der Waals surface area (Å²) in [6.07, 6.45) is 0. The number of hydrogen-bond donors (Lipinski definition) is 1. The van der Waals surface area contributed by atoms with E-state index in [9.17, 15) is 4.79 Å². The van der Waals surface area contributed by atoms with Crippen LogP contribution < -0.4 is 5.32 Å². The van der Waals surface area contributed by atoms with Gasteiger partial charge >= 0.3 is 0 Å². The number of para-hydroxylation sites is 1. The van der Waals surface area contributed by atoms with Crippen LogP contribution >= 0.6 is 35.0 Å². The first-order valence-corrected chi connectivity index (χ1v) is 9.08. The fourth-order valence-corrected chi connectivity index (χ4v) is 3.75. The number of nitrogens with one attached hydrogen (secondary N) is 1. The standard InChI is InChI=1S/C19H15Cl2NOS/c1-12(19(23)22-18-16(20)7-4-8-17(18)21)24-15-10-9-13-5-2-3-6-14(13)11-15/h2-12H,1H3,(H,22,23)/t12-/m1/s1. The van der Waals surface area contributed by atoms with Gasteiger partial charge in [0, 0.05) is 4.90 Å². The molecule has 2 nitrogen and oxygen atoms in total. The summed E-state index contributed by atoms with van der Waals surface area (Å²) in [5, 5.41) is 5.73. The number of fused-ring (bicyclic) bond motifs is 1. The van der Waals surface area contributed by atoms with Crippen LogP contribution in [-0.4, -0.2) is 11.2 Å². The number of amides is 1. The second kappa shape index (κ2) is 7.47. The molecule has 0 saturated carbocycles. The summed E-state index contributed by atoms with van der Waals surface area (Å²) in [5.74, 6) is -0.136. The Hall–Kier alpha value is -1.68. The van der Waals surface area contributed by atoms with Gasteiger partial charge in [-0.3, -0.25) is 4.79 Å². The van der Waals surface area contributed by atoms with E-state index in [1.165, 1.54) is 17.1 Å². The first kappa shape index (κ1) is 17.2. The zero-order valence-corrected chi connectivity index (χ0v) is 15.3. The zero-order chi connectivity index (χ0) is 17.1. The molecular formula is C19H15Cl2NOS. The fraction of sp³-hybridized carbons (Fsp3) is 0.105. The molecule has 0 aromatic heterocycles. The van der Waals surface area contributed by atoms with Crippen LogP contribution in [0.25, 0.3) is 10.8 Å². The summed E-state index contributed by atoms with van der Waals surface area (Å²) in [6.45, 7) is 1.86. The Balaban J connectivity index is 1.73. The summed E-state index contributed by atoms with van der Waals surface area (Å²) in [4.78, 5) is 13.5. The Bertz CT molecular complexity index is 877. The number of carbonyl (C=O) groups excluding carboxylic acids is 1. The topological polar surface area (TPSA) is 29.1 Å². The van der Waals surface area contributed by atoms with Crippen LogP contribution in [0.3, 0.4) is 0 Å². The maximum atomic E-state index is 12.4. The van der Waals surface area contributed by atoms with Crippen LogP contribution in [0.2, 0.25) is 10.0 Å². The summed E-state index contributed by atoms with van der Waals surface area (Å²) >= 11 is 13.7. The molecule has 0 bridgehead atoms. The van der Waals surface area contributed by atoms with Gasteiger partial charge < -0.3 is 5.32 Å². The molecule has 0 saturated heterocycles. The molecule has 24 heavy (non-hydrogen) atoms. The second-order valence-electron chi connectivity index (χ2n) is 5.35. The van der Waals surface area contributed by atoms with E-state index >= 15 is 0 Å². The molecule has 1 atom stereocenters. The molecule has 0 radical (unpaired) electrons. The number of halogens is 2. The fourth-order valence-electron chi connectivity index (χ4n) is 2.34. The molecule has 0 spiro atoms. The molecule has 3 aromatic carbocycles. The third kappa shape index (κ3) is 3.86. The van der Waals surface area contributed by atoms with Gasteiger partial charge in [0.25, 0.3) is 0 Å². The van der Waals surface area contributed by atoms with Gasteiger partial charge in [0.2, 0.25) is 5.91 Å². The third-order valence-electron chi connectivity index (χ3n) is 3.61. The lowest BCUT2D eigenvalue weighted by molar-refractivity contribution is -0.115. The Morgan fingerprint density at radius 3 is 2.33 bits per heavy atom. The van der Waals surface area contributed by atoms with Crippen molar-refractivity contribution in [2.75, 3.05) is 5.32 Å². The van der Waals surface area contributed by atoms with Crippen LogP contribution in [0.4, 0.5) is 5.69 Å². The summed E-state index contributed by atoms with van der Waals surface area (Å²) < 4.78 is 0. The molecule has 0 unspecified atom stereocenters. The molecule has 122 valence electrons. The first-order valence-electron chi connectivity index (χ1n) is 7.45. The normalized spacial score (nSPS) is 12.1. The minimum Gasteiger partial charge on any atom is -0.323 e. The molecule has 1 N–H and O–H groups in total. The van der Waals surface area contributed by atoms with Crippen LogP contribution in [0.5, 0.6) is 0 Å². The van der Waals surface area contributed by atoms with Gasteiger partial charge in [0.15, 0.2) is 0 Å². The maximum absolute atomic E-state index is 12.4. The third-order valence-corrected chi connectivity index (χ3v) is 5.34. The quantitative estimate of drug-likeness (QED) is 0.544. The SMILES string of the molecule is C[C@@H](Sc1ccc2ccccc2c1)C(=O)Nc1c(Cl)cccc1Cl. The molecule has 5 heteroatoms. The highest BCUT2D eigenvalue weighted by Crippen LogP contribution is 2.32. The van der Waals surface area contributed by atoms with Crippen molar-refractivity contribution in [1.82, 2.24) is 0 Å². The van der Waals surface area contributed by atoms with Crippen molar-refractivity contribution < 1.29 is 4.79 Å². The lowest BCUT2D eigenvalue weighted by atomic mass is 10.1. The number of anilines is 1. The largest absolute Gasteiger partial charge is 0.323 e. The minimum atomic E-state index is -0.279. The molecular weight excluding hydrogens is 361 g/mol. The lowest BCUT2D eigenvalue weighted by Gasteiger charge is -2.14. The monoisotopic (exact) mass is 375 g/mol. The van der Waals surface area contributed by atoms with E-state index in [1.807, 2.05) is 25.1 Å². The smallest absolute Gasteiger partial charge is 0.237 e. The van der Waals surface area contributed by atoms with Gasteiger partial charge in [-0.25, -0.2) is 0 Å². The van der Waals surface area contributed by atoms with Crippen LogP contribution in [0, 0.1) is 0 Å². The van der Waals surface area contributed by atoms with E-state index in [1.54, 1.807) is 18.2 Å². The molecule has 0 aliphatic rings. The second-order valence-corrected chi connectivity index (χ2v) is 7.58. The first-order chi connectivity index (χ1) is 11.5. The molecule has 1 amide bonds. The molecule has 0 heterocycles. The van der Waals surface area contributed by atoms with Gasteiger partial charge in [0.05, 0.1) is 21.0 Å². The number of hydrogen-bond acceptors (Lipinski definition) is 2. The van der Waals surface area contributed by atoms with Crippen molar-refractivity contribution in [3.63, 3.8) is 0 Å². The van der Waals surface area contributed by atoms with E-state index < -0.39 is 0 Å². The van der Waals surface area contributed by atoms with E-state index in [-0.39, 0.29) is 11.2 Å². The highest BCUT2D eigenvalue weighted by molar-refractivity contribution is 8.00. The van der Waals surface area contributed by atoms with Crippen molar-refractivity contribution >= 4 is 57.3 Å². The zero-order valence-electron chi connectivity index (χ0n) is 12.9. The van der Waals surface area contributed by atoms with Crippen LogP contribution in [0.1, 0.15) is 6.92 Å². The van der Waals surface area contributed by atoms with Crippen molar-refractivity contribution in [3.05, 3.63) is 70.7 Å². The van der Waals surface area contributed by atoms with Crippen molar-refractivity contribution in [1.29, 1.82) is 0 Å². The van der Waals surface area contributed by atoms with E-state index in [4.69, 9.17) is 23.2 Å². The van der Waals surface area contributed by atoms with Crippen LogP contribution in [0.15, 0.2) is 65.6 Å². The average molecular weight is 376 g/mol. The number of benzene rings is 3. The minimum absolute atomic E-state index is 0.136. The Morgan fingerprint density at radius 2 is 1.62 bits per heavy atom. The predicted molar refractivity (Wildman–Crippen MR) is 104 cm³/mol. The van der Waals surface area contributed by atoms with Crippen LogP contribution in [-0.2, 0) is 4.79 Å². The van der Waals surface area contributed by atoms with Crippen molar-refractivity contribution in [3.8, 4) is 0 Å². The van der Waals surface area contributed by atoms with E-state index in [2.05, 4.69) is 29.6 Å². The van der Waals surface area contributed by atoms with Gasteiger partial charge in [0.1, 0.15) is 0 Å². The van der Waals surface area contributed by atoms with Crippen molar-refractivity contribution in [2.24, 2.45) is 0 Å². The molecule has 3 aromatic rings. The van der Waals surface area contributed by atoms with Gasteiger partial charge in [-0.05, 0) is 42.0 Å². The van der Waals surface area contributed by atoms with Gasteiger partial charge in [-0.15, -0.1) is 11.8 Å². The van der Waals surface area contributed by atoms with Gasteiger partial charge in [-0.2, -0.15) is 0 Å². The number of thioether (sulfide) groups is 1. The maximum Gasteiger partial charge on any atom is 0.237 e. The molecule has 0 aliphatic heterocycles. The predicted octanol–water partition coefficient (Wildman–Crippen LogP) is 6.27. The van der Waals surface area contributed by atoms with Gasteiger partial charge in [-0.1, -0.05) is 59.6 Å². The van der Waals surface area contributed by atoms with Crippen molar-refractivity contribution in [2.45, 2.75) is 17.1 Å². The highest BCUT2D eigenvalue weighted by Gasteiger charge is 2.17. The Labute approximate surface area is 155 Å². The summed E-state index contributed by atoms with van der Waals surface area (Å²) in [7, 11) is 0. The Kier molecular flexibility index (Phi) is 5.34. The molecule has 3 rings (SSSR count). The van der Waals surface area contributed by atoms with E-state index in [0.717, 1.165) is 10.3 Å². The van der Waals surface area contributed by atoms with E-state index in [0.29, 0.717) is 15.7 Å². The molecule has 0 aliphatic carbocycles. The highest BCUT2D eigenvalue weighted by atomic mass is 35.5. The average Bonchev–Trinajstić information content (AvgIpc) is 2.58. The number of rotatable bonds is 4.